The van der Waals surface area contributed by atoms with E-state index in [1.165, 1.54) is 6.07 Å². The van der Waals surface area contributed by atoms with Gasteiger partial charge < -0.3 is 16.0 Å². The molecule has 11 heteroatoms. The molecule has 1 amide bonds. The third kappa shape index (κ3) is 4.24. The number of aromatic nitrogens is 3. The van der Waals surface area contributed by atoms with Gasteiger partial charge >= 0.3 is 0 Å². The smallest absolute Gasteiger partial charge is 0.277 e. The second kappa shape index (κ2) is 8.94. The minimum atomic E-state index is -0.868. The first-order chi connectivity index (χ1) is 16.3. The minimum Gasteiger partial charge on any atom is -0.389 e. The van der Waals surface area contributed by atoms with Crippen LogP contribution in [0.15, 0.2) is 24.4 Å². The van der Waals surface area contributed by atoms with Gasteiger partial charge in [0.15, 0.2) is 11.5 Å². The zero-order valence-corrected chi connectivity index (χ0v) is 19.4. The van der Waals surface area contributed by atoms with Crippen molar-refractivity contribution in [2.45, 2.75) is 44.8 Å². The maximum Gasteiger partial charge on any atom is 0.277 e. The quantitative estimate of drug-likeness (QED) is 0.524. The van der Waals surface area contributed by atoms with Crippen molar-refractivity contribution in [3.05, 3.63) is 41.7 Å². The zero-order chi connectivity index (χ0) is 24.0. The number of anilines is 3. The number of alkyl halides is 1. The summed E-state index contributed by atoms with van der Waals surface area (Å²) in [5.74, 6) is -1.45. The fraction of sp³-hybridized carbons (Fsp3) is 0.435. The number of nitrogens with zero attached hydrogens (tertiary/aromatic N) is 4. The Labute approximate surface area is 198 Å². The average molecular weight is 491 g/mol. The van der Waals surface area contributed by atoms with Crippen LogP contribution < -0.4 is 16.0 Å². The van der Waals surface area contributed by atoms with Crippen LogP contribution in [0.1, 0.15) is 49.1 Å². The number of hydrogen-bond donors (Lipinski definition) is 2. The van der Waals surface area contributed by atoms with Crippen molar-refractivity contribution < 1.29 is 18.0 Å². The fourth-order valence-electron chi connectivity index (χ4n) is 4.26. The van der Waals surface area contributed by atoms with E-state index in [-0.39, 0.29) is 33.2 Å². The summed E-state index contributed by atoms with van der Waals surface area (Å²) in [5.41, 5.74) is 6.06. The first-order valence-corrected chi connectivity index (χ1v) is 12.1. The lowest BCUT2D eigenvalue weighted by Gasteiger charge is -2.25. The summed E-state index contributed by atoms with van der Waals surface area (Å²) in [5, 5.41) is 7.35. The molecule has 1 saturated carbocycles. The number of hydrogen-bond acceptors (Lipinski definition) is 6. The van der Waals surface area contributed by atoms with Gasteiger partial charge in [-0.15, -0.1) is 0 Å². The molecule has 2 aliphatic rings. The Morgan fingerprint density at radius 2 is 1.88 bits per heavy atom. The van der Waals surface area contributed by atoms with Gasteiger partial charge in [0.25, 0.3) is 5.91 Å². The Balaban J connectivity index is 1.43. The summed E-state index contributed by atoms with van der Waals surface area (Å²) >= 11 is 0.843. The first kappa shape index (κ1) is 22.7. The van der Waals surface area contributed by atoms with Crippen LogP contribution in [-0.2, 0) is 0 Å². The van der Waals surface area contributed by atoms with E-state index >= 15 is 0 Å². The largest absolute Gasteiger partial charge is 0.389 e. The average Bonchev–Trinajstić information content (AvgIpc) is 3.49. The lowest BCUT2D eigenvalue weighted by atomic mass is 10.0. The molecule has 2 unspecified atom stereocenters. The molecule has 1 saturated heterocycles. The molecule has 3 heterocycles. The van der Waals surface area contributed by atoms with E-state index in [2.05, 4.69) is 20.3 Å². The normalized spacial score (nSPS) is 20.9. The molecule has 34 heavy (non-hydrogen) atoms. The molecule has 2 aromatic heterocycles. The zero-order valence-electron chi connectivity index (χ0n) is 18.6. The van der Waals surface area contributed by atoms with Crippen LogP contribution in [0.4, 0.5) is 29.7 Å². The van der Waals surface area contributed by atoms with E-state index in [1.807, 2.05) is 11.6 Å². The van der Waals surface area contributed by atoms with Crippen LogP contribution in [0, 0.1) is 17.6 Å². The van der Waals surface area contributed by atoms with E-state index in [1.54, 1.807) is 6.20 Å². The van der Waals surface area contributed by atoms with Gasteiger partial charge in [-0.2, -0.15) is 5.10 Å². The number of benzene rings is 1. The van der Waals surface area contributed by atoms with Gasteiger partial charge in [-0.1, -0.05) is 24.3 Å². The summed E-state index contributed by atoms with van der Waals surface area (Å²) in [6, 6.07) is 3.76. The van der Waals surface area contributed by atoms with Gasteiger partial charge in [0.1, 0.15) is 33.5 Å². The number of amides is 1. The fourth-order valence-corrected chi connectivity index (χ4v) is 5.14. The number of halogens is 3. The molecule has 1 aliphatic carbocycles. The number of thiazole rings is 1. The second-order valence-electron chi connectivity index (χ2n) is 8.90. The molecular weight excluding hydrogens is 465 g/mol. The van der Waals surface area contributed by atoms with Gasteiger partial charge in [-0.25, -0.2) is 22.8 Å². The van der Waals surface area contributed by atoms with Crippen LogP contribution in [0.5, 0.6) is 0 Å². The van der Waals surface area contributed by atoms with Gasteiger partial charge in [-0.05, 0) is 43.7 Å². The Morgan fingerprint density at radius 3 is 2.59 bits per heavy atom. The molecule has 0 spiro atoms. The molecule has 5 rings (SSSR count). The number of rotatable bonds is 5. The lowest BCUT2D eigenvalue weighted by Crippen LogP contribution is -2.28. The lowest BCUT2D eigenvalue weighted by molar-refractivity contribution is 0.102. The summed E-state index contributed by atoms with van der Waals surface area (Å²) in [4.78, 5) is 19.3. The summed E-state index contributed by atoms with van der Waals surface area (Å²) in [6.07, 6.45) is 3.80. The van der Waals surface area contributed by atoms with E-state index in [0.717, 1.165) is 42.1 Å². The molecule has 2 atom stereocenters. The SMILES string of the molecule is CC1CCN(c2c(NC(=O)c3nc(-c4c(F)cccc4F)sc3N)cnn2C2CC2)CCC1F. The predicted molar refractivity (Wildman–Crippen MR) is 126 cm³/mol. The highest BCUT2D eigenvalue weighted by Crippen LogP contribution is 2.42. The van der Waals surface area contributed by atoms with Gasteiger partial charge in [0, 0.05) is 13.1 Å². The number of carbonyl (C=O) groups is 1. The highest BCUT2D eigenvalue weighted by atomic mass is 32.1. The molecule has 0 bridgehead atoms. The van der Waals surface area contributed by atoms with Crippen molar-refractivity contribution in [2.75, 3.05) is 29.0 Å². The van der Waals surface area contributed by atoms with Crippen molar-refractivity contribution >= 4 is 33.8 Å². The number of nitrogen functional groups attached to an aromatic ring is 1. The molecule has 3 aromatic rings. The Bertz CT molecular complexity index is 1190. The van der Waals surface area contributed by atoms with E-state index < -0.39 is 23.7 Å². The summed E-state index contributed by atoms with van der Waals surface area (Å²) in [7, 11) is 0. The molecule has 1 aliphatic heterocycles. The standard InChI is InChI=1S/C23H25F3N6OS/c1-12-7-9-31(10-8-14(12)24)23-17(11-28-32(23)13-5-6-13)29-21(33)19-20(27)34-22(30-19)18-15(25)3-2-4-16(18)26/h2-4,11-14H,5-10,27H2,1H3,(H,29,33). The molecule has 180 valence electrons. The maximum absolute atomic E-state index is 14.3. The number of nitrogens with one attached hydrogen (secondary N) is 1. The van der Waals surface area contributed by atoms with Gasteiger partial charge in [-0.3, -0.25) is 4.79 Å². The monoisotopic (exact) mass is 490 g/mol. The summed E-state index contributed by atoms with van der Waals surface area (Å²) in [6.45, 7) is 3.08. The Hall–Kier alpha value is -3.08. The molecule has 0 radical (unpaired) electrons. The Kier molecular flexibility index (Phi) is 5.97. The Morgan fingerprint density at radius 1 is 1.18 bits per heavy atom. The predicted octanol–water partition coefficient (Wildman–Crippen LogP) is 5.03. The summed E-state index contributed by atoms with van der Waals surface area (Å²) < 4.78 is 44.6. The minimum absolute atomic E-state index is 0.0114. The van der Waals surface area contributed by atoms with Crippen LogP contribution >= 0.6 is 11.3 Å². The third-order valence-electron chi connectivity index (χ3n) is 6.40. The first-order valence-electron chi connectivity index (χ1n) is 11.3. The molecule has 2 fully saturated rings. The van der Waals surface area contributed by atoms with Crippen molar-refractivity contribution in [2.24, 2.45) is 5.92 Å². The number of carbonyl (C=O) groups excluding carboxylic acids is 1. The van der Waals surface area contributed by atoms with Crippen molar-refractivity contribution in [1.29, 1.82) is 0 Å². The third-order valence-corrected chi connectivity index (χ3v) is 7.30. The van der Waals surface area contributed by atoms with Crippen molar-refractivity contribution in [1.82, 2.24) is 14.8 Å². The van der Waals surface area contributed by atoms with Crippen LogP contribution in [-0.4, -0.2) is 39.9 Å². The molecular formula is C23H25F3N6OS. The van der Waals surface area contributed by atoms with Gasteiger partial charge in [0.2, 0.25) is 0 Å². The second-order valence-corrected chi connectivity index (χ2v) is 9.93. The van der Waals surface area contributed by atoms with Crippen LogP contribution in [0.3, 0.4) is 0 Å². The highest BCUT2D eigenvalue weighted by molar-refractivity contribution is 7.19. The van der Waals surface area contributed by atoms with Crippen molar-refractivity contribution in [3.63, 3.8) is 0 Å². The van der Waals surface area contributed by atoms with Crippen LogP contribution in [0.25, 0.3) is 10.6 Å². The van der Waals surface area contributed by atoms with Gasteiger partial charge in [0.05, 0.1) is 17.8 Å². The number of nitrogens with two attached hydrogens (primary N) is 1. The van der Waals surface area contributed by atoms with Crippen LogP contribution in [0.2, 0.25) is 0 Å². The van der Waals surface area contributed by atoms with E-state index in [4.69, 9.17) is 5.73 Å². The maximum atomic E-state index is 14.3. The van der Waals surface area contributed by atoms with E-state index in [0.29, 0.717) is 31.6 Å². The molecule has 1 aromatic carbocycles. The van der Waals surface area contributed by atoms with Crippen molar-refractivity contribution in [3.8, 4) is 10.6 Å². The molecule has 3 N–H and O–H groups in total. The highest BCUT2D eigenvalue weighted by Gasteiger charge is 2.33. The molecule has 7 nitrogen and oxygen atoms in total. The topological polar surface area (TPSA) is 89.1 Å². The van der Waals surface area contributed by atoms with E-state index in [9.17, 15) is 18.0 Å².